The van der Waals surface area contributed by atoms with Crippen LogP contribution in [0, 0.1) is 0 Å². The predicted molar refractivity (Wildman–Crippen MR) is 84.2 cm³/mol. The van der Waals surface area contributed by atoms with Gasteiger partial charge in [-0.3, -0.25) is 4.79 Å². The van der Waals surface area contributed by atoms with Crippen molar-refractivity contribution in [2.24, 2.45) is 0 Å². The van der Waals surface area contributed by atoms with Gasteiger partial charge in [0.1, 0.15) is 19.2 Å². The Kier molecular flexibility index (Phi) is 4.89. The third-order valence-corrected chi connectivity index (χ3v) is 3.70. The van der Waals surface area contributed by atoms with Crippen LogP contribution >= 0.6 is 23.4 Å². The van der Waals surface area contributed by atoms with Crippen molar-refractivity contribution in [2.75, 3.05) is 11.1 Å². The first-order valence-electron chi connectivity index (χ1n) is 6.52. The second-order valence-electron chi connectivity index (χ2n) is 4.40. The molecule has 3 rings (SSSR count). The average molecular weight is 351 g/mol. The minimum atomic E-state index is -0.187. The van der Waals surface area contributed by atoms with Gasteiger partial charge in [-0.15, -0.1) is 10.2 Å². The van der Waals surface area contributed by atoms with Gasteiger partial charge in [0.05, 0.1) is 5.75 Å². The summed E-state index contributed by atoms with van der Waals surface area (Å²) in [5, 5.41) is 15.3. The number of hydrogen-bond acceptors (Lipinski definition) is 7. The van der Waals surface area contributed by atoms with Crippen LogP contribution in [0.3, 0.4) is 0 Å². The molecule has 0 radical (unpaired) electrons. The van der Waals surface area contributed by atoms with Crippen molar-refractivity contribution in [1.82, 2.24) is 25.0 Å². The SMILES string of the molecule is O=C(CSc1nnc(Cn2cncn2)o1)Nc1cccc(Cl)c1. The predicted octanol–water partition coefficient (Wildman–Crippen LogP) is 2.09. The fourth-order valence-corrected chi connectivity index (χ4v) is 2.47. The zero-order valence-electron chi connectivity index (χ0n) is 11.7. The molecule has 2 aromatic heterocycles. The molecule has 1 N–H and O–H groups in total. The standard InChI is InChI=1S/C13H11ClN6O2S/c14-9-2-1-3-10(4-9)17-11(21)6-23-13-19-18-12(22-13)5-20-8-15-7-16-20/h1-4,7-8H,5-6H2,(H,17,21). The summed E-state index contributed by atoms with van der Waals surface area (Å²) in [6.45, 7) is 0.336. The fraction of sp³-hybridized carbons (Fsp3) is 0.154. The molecule has 0 aliphatic rings. The highest BCUT2D eigenvalue weighted by Crippen LogP contribution is 2.18. The molecule has 10 heteroatoms. The maximum Gasteiger partial charge on any atom is 0.277 e. The number of aromatic nitrogens is 5. The number of rotatable bonds is 6. The van der Waals surface area contributed by atoms with E-state index in [4.69, 9.17) is 16.0 Å². The van der Waals surface area contributed by atoms with Crippen LogP contribution < -0.4 is 5.32 Å². The zero-order valence-corrected chi connectivity index (χ0v) is 13.3. The summed E-state index contributed by atoms with van der Waals surface area (Å²) in [5.74, 6) is 0.360. The molecule has 0 bridgehead atoms. The monoisotopic (exact) mass is 350 g/mol. The summed E-state index contributed by atoms with van der Waals surface area (Å²) < 4.78 is 6.99. The number of benzene rings is 1. The molecule has 118 valence electrons. The highest BCUT2D eigenvalue weighted by Gasteiger charge is 2.10. The van der Waals surface area contributed by atoms with Crippen LogP contribution in [-0.2, 0) is 11.3 Å². The molecule has 0 fully saturated rings. The Bertz CT molecular complexity index is 791. The summed E-state index contributed by atoms with van der Waals surface area (Å²) in [6, 6.07) is 6.94. The van der Waals surface area contributed by atoms with Crippen molar-refractivity contribution in [2.45, 2.75) is 11.8 Å². The molecule has 0 atom stereocenters. The lowest BCUT2D eigenvalue weighted by atomic mass is 10.3. The number of halogens is 1. The molecule has 0 saturated heterocycles. The zero-order chi connectivity index (χ0) is 16.1. The molecule has 0 unspecified atom stereocenters. The first kappa shape index (κ1) is 15.5. The molecule has 2 heterocycles. The molecular formula is C13H11ClN6O2S. The summed E-state index contributed by atoms with van der Waals surface area (Å²) in [4.78, 5) is 15.7. The number of anilines is 1. The third kappa shape index (κ3) is 4.54. The first-order chi connectivity index (χ1) is 11.2. The van der Waals surface area contributed by atoms with Gasteiger partial charge in [-0.1, -0.05) is 29.4 Å². The van der Waals surface area contributed by atoms with E-state index in [9.17, 15) is 4.79 Å². The van der Waals surface area contributed by atoms with Crippen LogP contribution in [0.5, 0.6) is 0 Å². The van der Waals surface area contributed by atoms with Gasteiger partial charge in [0.2, 0.25) is 11.8 Å². The Morgan fingerprint density at radius 2 is 2.30 bits per heavy atom. The van der Waals surface area contributed by atoms with Gasteiger partial charge in [-0.05, 0) is 18.2 Å². The molecule has 3 aromatic rings. The molecule has 8 nitrogen and oxygen atoms in total. The number of thioether (sulfide) groups is 1. The lowest BCUT2D eigenvalue weighted by Gasteiger charge is -2.03. The van der Waals surface area contributed by atoms with E-state index >= 15 is 0 Å². The minimum absolute atomic E-state index is 0.150. The van der Waals surface area contributed by atoms with Gasteiger partial charge >= 0.3 is 0 Å². The number of amides is 1. The van der Waals surface area contributed by atoms with E-state index in [-0.39, 0.29) is 11.7 Å². The Morgan fingerprint density at radius 3 is 3.09 bits per heavy atom. The maximum atomic E-state index is 11.9. The van der Waals surface area contributed by atoms with Crippen LogP contribution in [0.2, 0.25) is 5.02 Å². The van der Waals surface area contributed by atoms with Crippen LogP contribution in [-0.4, -0.2) is 36.6 Å². The van der Waals surface area contributed by atoms with Gasteiger partial charge < -0.3 is 9.73 Å². The molecule has 0 spiro atoms. The molecule has 1 amide bonds. The first-order valence-corrected chi connectivity index (χ1v) is 7.88. The van der Waals surface area contributed by atoms with E-state index < -0.39 is 0 Å². The van der Waals surface area contributed by atoms with E-state index in [2.05, 4.69) is 25.6 Å². The quantitative estimate of drug-likeness (QED) is 0.679. The Morgan fingerprint density at radius 1 is 1.39 bits per heavy atom. The van der Waals surface area contributed by atoms with Crippen molar-refractivity contribution in [3.8, 4) is 0 Å². The van der Waals surface area contributed by atoms with Gasteiger partial charge in [-0.2, -0.15) is 5.10 Å². The highest BCUT2D eigenvalue weighted by atomic mass is 35.5. The molecule has 0 aliphatic heterocycles. The van der Waals surface area contributed by atoms with E-state index in [1.807, 2.05) is 0 Å². The van der Waals surface area contributed by atoms with Crippen LogP contribution in [0.4, 0.5) is 5.69 Å². The number of carbonyl (C=O) groups is 1. The van der Waals surface area contributed by atoms with E-state index in [1.54, 1.807) is 35.3 Å². The molecular weight excluding hydrogens is 340 g/mol. The Balaban J connectivity index is 1.50. The second-order valence-corrected chi connectivity index (χ2v) is 5.76. The maximum absolute atomic E-state index is 11.9. The number of nitrogens with one attached hydrogen (secondary N) is 1. The van der Waals surface area contributed by atoms with Crippen molar-refractivity contribution in [1.29, 1.82) is 0 Å². The van der Waals surface area contributed by atoms with Gasteiger partial charge in [0.15, 0.2) is 0 Å². The van der Waals surface area contributed by atoms with Crippen LogP contribution in [0.1, 0.15) is 5.89 Å². The summed E-state index contributed by atoms with van der Waals surface area (Å²) in [5.41, 5.74) is 0.639. The number of hydrogen-bond donors (Lipinski definition) is 1. The smallest absolute Gasteiger partial charge is 0.277 e. The third-order valence-electron chi connectivity index (χ3n) is 2.65. The molecule has 0 aliphatic carbocycles. The second kappa shape index (κ2) is 7.25. The van der Waals surface area contributed by atoms with E-state index in [1.165, 1.54) is 6.33 Å². The van der Waals surface area contributed by atoms with E-state index in [0.717, 1.165) is 11.8 Å². The van der Waals surface area contributed by atoms with Crippen molar-refractivity contribution in [3.05, 3.63) is 47.8 Å². The normalized spacial score (nSPS) is 10.7. The molecule has 1 aromatic carbocycles. The number of carbonyl (C=O) groups excluding carboxylic acids is 1. The largest absolute Gasteiger partial charge is 0.414 e. The van der Waals surface area contributed by atoms with Crippen molar-refractivity contribution >= 4 is 35.0 Å². The Labute approximate surface area is 140 Å². The topological polar surface area (TPSA) is 98.7 Å². The summed E-state index contributed by atoms with van der Waals surface area (Å²) in [6.07, 6.45) is 2.97. The average Bonchev–Trinajstić information content (AvgIpc) is 3.18. The van der Waals surface area contributed by atoms with E-state index in [0.29, 0.717) is 28.4 Å². The minimum Gasteiger partial charge on any atom is -0.414 e. The van der Waals surface area contributed by atoms with Crippen molar-refractivity contribution in [3.63, 3.8) is 0 Å². The molecule has 0 saturated carbocycles. The summed E-state index contributed by atoms with van der Waals surface area (Å²) in [7, 11) is 0. The Hall–Kier alpha value is -2.39. The summed E-state index contributed by atoms with van der Waals surface area (Å²) >= 11 is 7.02. The highest BCUT2D eigenvalue weighted by molar-refractivity contribution is 7.99. The van der Waals surface area contributed by atoms with Gasteiger partial charge in [-0.25, -0.2) is 9.67 Å². The lowest BCUT2D eigenvalue weighted by Crippen LogP contribution is -2.13. The number of nitrogens with zero attached hydrogens (tertiary/aromatic N) is 5. The van der Waals surface area contributed by atoms with Gasteiger partial charge in [0.25, 0.3) is 5.22 Å². The lowest BCUT2D eigenvalue weighted by molar-refractivity contribution is -0.113. The van der Waals surface area contributed by atoms with Crippen LogP contribution in [0.25, 0.3) is 0 Å². The fourth-order valence-electron chi connectivity index (χ4n) is 1.70. The van der Waals surface area contributed by atoms with Crippen LogP contribution in [0.15, 0.2) is 46.6 Å². The van der Waals surface area contributed by atoms with Crippen molar-refractivity contribution < 1.29 is 9.21 Å². The molecule has 23 heavy (non-hydrogen) atoms. The van der Waals surface area contributed by atoms with Gasteiger partial charge in [0, 0.05) is 10.7 Å².